The van der Waals surface area contributed by atoms with E-state index in [9.17, 15) is 0 Å². The van der Waals surface area contributed by atoms with E-state index in [1.165, 1.54) is 4.68 Å². The van der Waals surface area contributed by atoms with Crippen LogP contribution in [0.5, 0.6) is 0 Å². The zero-order chi connectivity index (χ0) is 11.5. The summed E-state index contributed by atoms with van der Waals surface area (Å²) in [6, 6.07) is 10.8. The summed E-state index contributed by atoms with van der Waals surface area (Å²) < 4.78 is 1.51. The van der Waals surface area contributed by atoms with Crippen LogP contribution in [-0.4, -0.2) is 9.78 Å². The molecule has 0 radical (unpaired) electrons. The maximum absolute atomic E-state index is 8.73. The van der Waals surface area contributed by atoms with Gasteiger partial charge in [0.25, 0.3) is 0 Å². The number of hydrogen-bond acceptors (Lipinski definition) is 4. The number of nitrogen functional groups attached to an aromatic ring is 1. The minimum atomic E-state index is 0.201. The fraction of sp³-hybridized carbons (Fsp3) is 0. The van der Waals surface area contributed by atoms with Crippen LogP contribution in [0.3, 0.4) is 0 Å². The standard InChI is InChI=1S/C11H7N5/c12-5-8-1-3-10(4-2-8)16-7-9(6-13)11(14)15-16/h1-4,7H,(H2,14,15). The summed E-state index contributed by atoms with van der Waals surface area (Å²) in [7, 11) is 0. The molecule has 5 nitrogen and oxygen atoms in total. The number of nitrogens with zero attached hydrogens (tertiary/aromatic N) is 4. The van der Waals surface area contributed by atoms with E-state index in [1.54, 1.807) is 30.5 Å². The average Bonchev–Trinajstić information content (AvgIpc) is 2.71. The number of nitrogens with two attached hydrogens (primary N) is 1. The van der Waals surface area contributed by atoms with Gasteiger partial charge in [-0.2, -0.15) is 10.5 Å². The van der Waals surface area contributed by atoms with Crippen molar-refractivity contribution in [1.82, 2.24) is 9.78 Å². The van der Waals surface area contributed by atoms with Crippen LogP contribution >= 0.6 is 0 Å². The Morgan fingerprint density at radius 3 is 2.31 bits per heavy atom. The lowest BCUT2D eigenvalue weighted by molar-refractivity contribution is 0.885. The predicted octanol–water partition coefficient (Wildman–Crippen LogP) is 1.20. The Bertz CT molecular complexity index is 595. The summed E-state index contributed by atoms with van der Waals surface area (Å²) in [6.07, 6.45) is 1.55. The average molecular weight is 209 g/mol. The van der Waals surface area contributed by atoms with Crippen molar-refractivity contribution in [3.63, 3.8) is 0 Å². The summed E-state index contributed by atoms with van der Waals surface area (Å²) in [4.78, 5) is 0. The number of benzene rings is 1. The minimum absolute atomic E-state index is 0.201. The molecule has 1 heterocycles. The zero-order valence-electron chi connectivity index (χ0n) is 8.25. The monoisotopic (exact) mass is 209 g/mol. The van der Waals surface area contributed by atoms with Crippen molar-refractivity contribution in [3.05, 3.63) is 41.6 Å². The summed E-state index contributed by atoms with van der Waals surface area (Å²) in [6.45, 7) is 0. The Kier molecular flexibility index (Phi) is 2.29. The van der Waals surface area contributed by atoms with Gasteiger partial charge in [-0.15, -0.1) is 5.10 Å². The second-order valence-electron chi connectivity index (χ2n) is 3.14. The largest absolute Gasteiger partial charge is 0.381 e. The Morgan fingerprint density at radius 1 is 1.12 bits per heavy atom. The quantitative estimate of drug-likeness (QED) is 0.763. The van der Waals surface area contributed by atoms with Crippen LogP contribution in [0, 0.1) is 22.7 Å². The van der Waals surface area contributed by atoms with Crippen molar-refractivity contribution in [2.75, 3.05) is 5.73 Å². The lowest BCUT2D eigenvalue weighted by Crippen LogP contribution is -1.95. The molecule has 0 saturated carbocycles. The first-order valence-corrected chi connectivity index (χ1v) is 4.50. The number of hydrogen-bond donors (Lipinski definition) is 1. The second kappa shape index (κ2) is 3.76. The van der Waals surface area contributed by atoms with E-state index < -0.39 is 0 Å². The van der Waals surface area contributed by atoms with Gasteiger partial charge in [0.1, 0.15) is 11.6 Å². The lowest BCUT2D eigenvalue weighted by Gasteiger charge is -1.99. The maximum Gasteiger partial charge on any atom is 0.163 e. The van der Waals surface area contributed by atoms with Crippen LogP contribution in [0.2, 0.25) is 0 Å². The van der Waals surface area contributed by atoms with Gasteiger partial charge in [0.2, 0.25) is 0 Å². The summed E-state index contributed by atoms with van der Waals surface area (Å²) in [5.74, 6) is 0.201. The van der Waals surface area contributed by atoms with E-state index >= 15 is 0 Å². The van der Waals surface area contributed by atoms with E-state index in [-0.39, 0.29) is 5.82 Å². The van der Waals surface area contributed by atoms with Gasteiger partial charge in [0.05, 0.1) is 23.5 Å². The summed E-state index contributed by atoms with van der Waals surface area (Å²) in [5, 5.41) is 21.4. The molecule has 0 aliphatic rings. The van der Waals surface area contributed by atoms with Crippen molar-refractivity contribution in [2.45, 2.75) is 0 Å². The molecular formula is C11H7N5. The molecule has 0 atom stereocenters. The topological polar surface area (TPSA) is 91.4 Å². The van der Waals surface area contributed by atoms with E-state index in [0.717, 1.165) is 5.69 Å². The van der Waals surface area contributed by atoms with E-state index in [4.69, 9.17) is 16.3 Å². The Labute approximate surface area is 92.0 Å². The van der Waals surface area contributed by atoms with Crippen LogP contribution < -0.4 is 5.73 Å². The summed E-state index contributed by atoms with van der Waals surface area (Å²) >= 11 is 0. The van der Waals surface area contributed by atoms with Gasteiger partial charge < -0.3 is 5.73 Å². The molecule has 1 aromatic carbocycles. The number of nitriles is 2. The molecule has 5 heteroatoms. The Morgan fingerprint density at radius 2 is 1.81 bits per heavy atom. The van der Waals surface area contributed by atoms with Gasteiger partial charge in [-0.1, -0.05) is 0 Å². The van der Waals surface area contributed by atoms with Crippen molar-refractivity contribution in [1.29, 1.82) is 10.5 Å². The van der Waals surface area contributed by atoms with Gasteiger partial charge in [0.15, 0.2) is 5.82 Å². The highest BCUT2D eigenvalue weighted by molar-refractivity contribution is 5.49. The molecule has 2 rings (SSSR count). The molecule has 76 valence electrons. The summed E-state index contributed by atoms with van der Waals surface area (Å²) in [5.41, 5.74) is 7.21. The molecule has 0 saturated heterocycles. The zero-order valence-corrected chi connectivity index (χ0v) is 8.25. The first kappa shape index (κ1) is 9.75. The molecule has 0 spiro atoms. The fourth-order valence-corrected chi connectivity index (χ4v) is 1.29. The Balaban J connectivity index is 2.44. The van der Waals surface area contributed by atoms with Crippen LogP contribution in [0.25, 0.3) is 5.69 Å². The molecule has 2 aromatic rings. The van der Waals surface area contributed by atoms with Gasteiger partial charge in [-0.25, -0.2) is 4.68 Å². The molecule has 0 amide bonds. The number of anilines is 1. The van der Waals surface area contributed by atoms with Crippen molar-refractivity contribution < 1.29 is 0 Å². The van der Waals surface area contributed by atoms with Crippen LogP contribution in [0.4, 0.5) is 5.82 Å². The number of aromatic nitrogens is 2. The second-order valence-corrected chi connectivity index (χ2v) is 3.14. The minimum Gasteiger partial charge on any atom is -0.381 e. The third kappa shape index (κ3) is 1.58. The van der Waals surface area contributed by atoms with Crippen LogP contribution in [0.15, 0.2) is 30.5 Å². The normalized spacial score (nSPS) is 9.38. The van der Waals surface area contributed by atoms with Crippen molar-refractivity contribution in [2.24, 2.45) is 0 Å². The first-order valence-electron chi connectivity index (χ1n) is 4.50. The SMILES string of the molecule is N#Cc1ccc(-n2cc(C#N)c(N)n2)cc1. The van der Waals surface area contributed by atoms with Gasteiger partial charge in [-0.05, 0) is 24.3 Å². The molecule has 0 aliphatic heterocycles. The molecule has 0 fully saturated rings. The molecule has 0 unspecified atom stereocenters. The Hall–Kier alpha value is -2.79. The third-order valence-corrected chi connectivity index (χ3v) is 2.12. The molecular weight excluding hydrogens is 202 g/mol. The fourth-order valence-electron chi connectivity index (χ4n) is 1.29. The van der Waals surface area contributed by atoms with E-state index in [1.807, 2.05) is 12.1 Å². The highest BCUT2D eigenvalue weighted by Gasteiger charge is 2.05. The highest BCUT2D eigenvalue weighted by atomic mass is 15.3. The van der Waals surface area contributed by atoms with Crippen molar-refractivity contribution in [3.8, 4) is 17.8 Å². The van der Waals surface area contributed by atoms with E-state index in [2.05, 4.69) is 5.10 Å². The molecule has 0 bridgehead atoms. The van der Waals surface area contributed by atoms with Crippen LogP contribution in [0.1, 0.15) is 11.1 Å². The molecule has 1 aromatic heterocycles. The smallest absolute Gasteiger partial charge is 0.163 e. The molecule has 0 aliphatic carbocycles. The van der Waals surface area contributed by atoms with Gasteiger partial charge in [-0.3, -0.25) is 0 Å². The predicted molar refractivity (Wildman–Crippen MR) is 57.4 cm³/mol. The van der Waals surface area contributed by atoms with Gasteiger partial charge in [0, 0.05) is 0 Å². The third-order valence-electron chi connectivity index (χ3n) is 2.12. The molecule has 2 N–H and O–H groups in total. The van der Waals surface area contributed by atoms with Crippen molar-refractivity contribution >= 4 is 5.82 Å². The maximum atomic E-state index is 8.73. The first-order chi connectivity index (χ1) is 7.74. The molecule has 16 heavy (non-hydrogen) atoms. The highest BCUT2D eigenvalue weighted by Crippen LogP contribution is 2.13. The lowest BCUT2D eigenvalue weighted by atomic mass is 10.2. The van der Waals surface area contributed by atoms with E-state index in [0.29, 0.717) is 11.1 Å². The van der Waals surface area contributed by atoms with Crippen LogP contribution in [-0.2, 0) is 0 Å². The van der Waals surface area contributed by atoms with Gasteiger partial charge >= 0.3 is 0 Å². The number of rotatable bonds is 1.